The molecule has 0 radical (unpaired) electrons. The van der Waals surface area contributed by atoms with Gasteiger partial charge in [-0.2, -0.15) is 0 Å². The van der Waals surface area contributed by atoms with Crippen molar-refractivity contribution in [2.75, 3.05) is 16.3 Å². The Bertz CT molecular complexity index is 3230. The minimum atomic E-state index is -0.535. The first-order valence-corrected chi connectivity index (χ1v) is 23.6. The van der Waals surface area contributed by atoms with E-state index in [9.17, 15) is 0 Å². The van der Waals surface area contributed by atoms with Crippen LogP contribution in [0.2, 0.25) is 0 Å². The number of hydrogen-bond acceptors (Lipinski definition) is 2. The van der Waals surface area contributed by atoms with Crippen LogP contribution in [-0.4, -0.2) is 6.54 Å². The maximum Gasteiger partial charge on any atom is 0.0714 e. The monoisotopic (exact) mass is 850 g/mol. The van der Waals surface area contributed by atoms with E-state index in [4.69, 9.17) is 0 Å². The summed E-state index contributed by atoms with van der Waals surface area (Å²) in [4.78, 5) is 5.04. The molecular formula is C64H54N2. The van der Waals surface area contributed by atoms with Crippen molar-refractivity contribution in [3.05, 3.63) is 279 Å². The van der Waals surface area contributed by atoms with Crippen LogP contribution in [0.3, 0.4) is 0 Å². The van der Waals surface area contributed by atoms with E-state index in [1.165, 1.54) is 100 Å². The van der Waals surface area contributed by atoms with Gasteiger partial charge < -0.3 is 9.80 Å². The zero-order chi connectivity index (χ0) is 44.5. The lowest BCUT2D eigenvalue weighted by Gasteiger charge is -2.35. The topological polar surface area (TPSA) is 6.48 Å². The van der Waals surface area contributed by atoms with Crippen LogP contribution in [0, 0.1) is 6.92 Å². The van der Waals surface area contributed by atoms with Gasteiger partial charge in [-0.25, -0.2) is 0 Å². The van der Waals surface area contributed by atoms with Gasteiger partial charge in [-0.3, -0.25) is 0 Å². The Hall–Kier alpha value is -7.68. The molecule has 3 aliphatic rings. The summed E-state index contributed by atoms with van der Waals surface area (Å²) in [5.74, 6) is 0. The van der Waals surface area contributed by atoms with E-state index in [1.807, 2.05) is 0 Å². The molecule has 0 aromatic heterocycles. The predicted molar refractivity (Wildman–Crippen MR) is 279 cm³/mol. The molecule has 8 aromatic rings. The van der Waals surface area contributed by atoms with Crippen LogP contribution in [0.4, 0.5) is 22.7 Å². The molecule has 11 rings (SSSR count). The minimum Gasteiger partial charge on any atom is -0.341 e. The van der Waals surface area contributed by atoms with Gasteiger partial charge >= 0.3 is 0 Å². The van der Waals surface area contributed by atoms with Crippen molar-refractivity contribution in [2.24, 2.45) is 0 Å². The highest BCUT2D eigenvalue weighted by atomic mass is 15.2. The lowest BCUT2D eigenvalue weighted by Crippen LogP contribution is -2.35. The van der Waals surface area contributed by atoms with Gasteiger partial charge in [-0.05, 0) is 123 Å². The predicted octanol–water partition coefficient (Wildman–Crippen LogP) is 14.5. The van der Waals surface area contributed by atoms with E-state index in [0.29, 0.717) is 0 Å². The zero-order valence-electron chi connectivity index (χ0n) is 37.9. The fourth-order valence-corrected chi connectivity index (χ4v) is 11.0. The van der Waals surface area contributed by atoms with Gasteiger partial charge in [-0.1, -0.05) is 201 Å². The molecule has 0 unspecified atom stereocenters. The third-order valence-electron chi connectivity index (χ3n) is 13.9. The van der Waals surface area contributed by atoms with Crippen molar-refractivity contribution in [1.29, 1.82) is 0 Å². The number of para-hydroxylation sites is 3. The number of rotatable bonds is 9. The van der Waals surface area contributed by atoms with Crippen LogP contribution in [0.1, 0.15) is 70.7 Å². The van der Waals surface area contributed by atoms with E-state index >= 15 is 0 Å². The molecule has 0 spiro atoms. The highest BCUT2D eigenvalue weighted by Gasteiger charge is 2.46. The van der Waals surface area contributed by atoms with E-state index in [2.05, 4.69) is 254 Å². The van der Waals surface area contributed by atoms with Crippen molar-refractivity contribution in [2.45, 2.75) is 44.9 Å². The van der Waals surface area contributed by atoms with E-state index in [0.717, 1.165) is 32.2 Å². The third kappa shape index (κ3) is 7.14. The molecule has 0 saturated carbocycles. The molecule has 1 heterocycles. The second-order valence-corrected chi connectivity index (χ2v) is 17.8. The minimum absolute atomic E-state index is 0.535. The number of anilines is 4. The van der Waals surface area contributed by atoms with Crippen LogP contribution in [0.5, 0.6) is 0 Å². The van der Waals surface area contributed by atoms with Crippen molar-refractivity contribution >= 4 is 40.1 Å². The molecule has 0 atom stereocenters. The van der Waals surface area contributed by atoms with Gasteiger partial charge in [0.05, 0.1) is 5.41 Å². The van der Waals surface area contributed by atoms with E-state index in [-0.39, 0.29) is 0 Å². The van der Waals surface area contributed by atoms with Crippen LogP contribution in [0.15, 0.2) is 225 Å². The molecule has 2 nitrogen and oxygen atoms in total. The lowest BCUT2D eigenvalue weighted by molar-refractivity contribution is 0.767. The van der Waals surface area contributed by atoms with Gasteiger partial charge in [0.25, 0.3) is 0 Å². The molecule has 0 saturated heterocycles. The smallest absolute Gasteiger partial charge is 0.0714 e. The van der Waals surface area contributed by atoms with Crippen molar-refractivity contribution in [1.82, 2.24) is 0 Å². The molecule has 0 fully saturated rings. The molecule has 2 heteroatoms. The second-order valence-electron chi connectivity index (χ2n) is 17.8. The average Bonchev–Trinajstić information content (AvgIpc) is 3.66. The zero-order valence-corrected chi connectivity index (χ0v) is 37.9. The van der Waals surface area contributed by atoms with Crippen LogP contribution in [0.25, 0.3) is 28.5 Å². The molecular weight excluding hydrogens is 797 g/mol. The summed E-state index contributed by atoms with van der Waals surface area (Å²) in [6.45, 7) is 5.43. The first-order valence-electron chi connectivity index (χ1n) is 23.6. The van der Waals surface area contributed by atoms with Gasteiger partial charge in [0.15, 0.2) is 0 Å². The van der Waals surface area contributed by atoms with E-state index in [1.54, 1.807) is 0 Å². The summed E-state index contributed by atoms with van der Waals surface area (Å²) in [7, 11) is 0. The number of nitrogens with zero attached hydrogens (tertiary/aromatic N) is 2. The number of aryl methyl sites for hydroxylation is 1. The Morgan fingerprint density at radius 3 is 1.80 bits per heavy atom. The molecule has 320 valence electrons. The highest BCUT2D eigenvalue weighted by Crippen LogP contribution is 2.57. The van der Waals surface area contributed by atoms with Crippen LogP contribution < -0.4 is 20.2 Å². The number of hydrogen-bond donors (Lipinski definition) is 0. The highest BCUT2D eigenvalue weighted by molar-refractivity contribution is 5.90. The first kappa shape index (κ1) is 41.1. The van der Waals surface area contributed by atoms with Gasteiger partial charge in [0.1, 0.15) is 0 Å². The quantitative estimate of drug-likeness (QED) is 0.143. The van der Waals surface area contributed by atoms with Gasteiger partial charge in [-0.15, -0.1) is 0 Å². The Balaban J connectivity index is 1.10. The van der Waals surface area contributed by atoms with Crippen LogP contribution in [-0.2, 0) is 11.8 Å². The fourth-order valence-electron chi connectivity index (χ4n) is 11.0. The summed E-state index contributed by atoms with van der Waals surface area (Å²) in [6.07, 6.45) is 17.4. The Labute approximate surface area is 390 Å². The summed E-state index contributed by atoms with van der Waals surface area (Å²) < 4.78 is 0. The molecule has 2 aliphatic carbocycles. The van der Waals surface area contributed by atoms with E-state index < -0.39 is 5.41 Å². The van der Waals surface area contributed by atoms with Crippen LogP contribution >= 0.6 is 0 Å². The molecule has 66 heavy (non-hydrogen) atoms. The summed E-state index contributed by atoms with van der Waals surface area (Å²) in [5, 5.41) is 2.53. The van der Waals surface area contributed by atoms with Gasteiger partial charge in [0.2, 0.25) is 0 Å². The molecule has 8 aromatic carbocycles. The fraction of sp³-hybridized carbons (Fsp3) is 0.125. The molecule has 0 amide bonds. The Kier molecular flexibility index (Phi) is 11.0. The van der Waals surface area contributed by atoms with Crippen molar-refractivity contribution in [3.63, 3.8) is 0 Å². The lowest BCUT2D eigenvalue weighted by atomic mass is 9.67. The number of fused-ring (bicyclic) bond motifs is 6. The Morgan fingerprint density at radius 2 is 1.12 bits per heavy atom. The normalized spacial score (nSPS) is 14.6. The molecule has 0 bridgehead atoms. The number of allylic oxidation sites excluding steroid dienone is 4. The number of benzene rings is 8. The summed E-state index contributed by atoms with van der Waals surface area (Å²) in [6, 6.07) is 72.4. The molecule has 0 N–H and O–H groups in total. The Morgan fingerprint density at radius 1 is 0.545 bits per heavy atom. The maximum absolute atomic E-state index is 2.53. The third-order valence-corrected chi connectivity index (χ3v) is 13.9. The summed E-state index contributed by atoms with van der Waals surface area (Å²) in [5.41, 5.74) is 19.9. The van der Waals surface area contributed by atoms with Crippen molar-refractivity contribution in [3.8, 4) is 11.1 Å². The second kappa shape index (κ2) is 17.7. The largest absolute Gasteiger partial charge is 0.341 e. The summed E-state index contributed by atoms with van der Waals surface area (Å²) >= 11 is 0. The maximum atomic E-state index is 2.53. The SMILES string of the molecule is CCCN(c1ccc2c(c1)C(c1ccccc1)(c1ccccc1)c1cc(C=CC3=c4ccccc4=C(N4c5ccccc5Cc5ccccc54)CC=CC=CC3)ccc1-2)c1ccccc1C. The van der Waals surface area contributed by atoms with Gasteiger partial charge in [0, 0.05) is 53.1 Å². The van der Waals surface area contributed by atoms with Crippen molar-refractivity contribution < 1.29 is 0 Å². The standard InChI is InChI=1S/C64H54N2/c1-3-42-65(60-32-19-14-22-46(60)2)53-39-41-56-55-40-37-47(43-58(55)64(59(56)45-53,51-26-9-6-10-27-51)52-28-11-7-12-29-52)36-38-48-23-8-4-5-13-35-63(57-31-18-17-30-54(48)57)66-61-33-20-15-24-49(61)44-50-25-16-21-34-62(50)66/h4-22,24-34,36-41,43,45H,3,23,35,42,44H2,1-2H3. The average molecular weight is 851 g/mol. The molecule has 1 aliphatic heterocycles. The first-order chi connectivity index (χ1) is 32.6.